The van der Waals surface area contributed by atoms with Crippen LogP contribution in [-0.4, -0.2) is 27.0 Å². The fourth-order valence-electron chi connectivity index (χ4n) is 3.81. The van der Waals surface area contributed by atoms with Gasteiger partial charge in [0.1, 0.15) is 5.52 Å². The van der Waals surface area contributed by atoms with Gasteiger partial charge in [0.05, 0.1) is 17.4 Å². The summed E-state index contributed by atoms with van der Waals surface area (Å²) in [5.41, 5.74) is 10.7. The second-order valence-corrected chi connectivity index (χ2v) is 8.94. The van der Waals surface area contributed by atoms with Gasteiger partial charge < -0.3 is 15.6 Å². The van der Waals surface area contributed by atoms with Gasteiger partial charge in [-0.2, -0.15) is 0 Å². The Morgan fingerprint density at radius 2 is 1.81 bits per heavy atom. The molecule has 0 aliphatic carbocycles. The molecule has 0 spiro atoms. The highest BCUT2D eigenvalue weighted by molar-refractivity contribution is 6.06. The Bertz CT molecular complexity index is 1220. The molecule has 0 saturated heterocycles. The fourth-order valence-corrected chi connectivity index (χ4v) is 3.81. The average molecular weight is 416 g/mol. The van der Waals surface area contributed by atoms with E-state index in [-0.39, 0.29) is 11.3 Å². The van der Waals surface area contributed by atoms with Gasteiger partial charge in [-0.05, 0) is 42.0 Å². The van der Waals surface area contributed by atoms with E-state index in [0.29, 0.717) is 17.9 Å². The van der Waals surface area contributed by atoms with Crippen molar-refractivity contribution >= 4 is 33.7 Å². The molecule has 0 unspecified atom stereocenters. The Labute approximate surface area is 182 Å². The van der Waals surface area contributed by atoms with Crippen molar-refractivity contribution in [2.24, 2.45) is 0 Å². The Morgan fingerprint density at radius 3 is 2.55 bits per heavy atom. The summed E-state index contributed by atoms with van der Waals surface area (Å²) < 4.78 is 2.13. The minimum atomic E-state index is -0.0293. The molecule has 4 rings (SSSR count). The van der Waals surface area contributed by atoms with E-state index >= 15 is 0 Å². The van der Waals surface area contributed by atoms with Gasteiger partial charge in [-0.1, -0.05) is 51.1 Å². The number of anilines is 1. The van der Waals surface area contributed by atoms with Crippen LogP contribution in [0.4, 0.5) is 5.82 Å². The molecule has 1 amide bonds. The van der Waals surface area contributed by atoms with Crippen LogP contribution in [-0.2, 0) is 12.0 Å². The number of carbonyl (C=O) groups is 1. The number of carbonyl (C=O) groups excluding carboxylic acids is 1. The zero-order valence-corrected chi connectivity index (χ0v) is 18.4. The van der Waals surface area contributed by atoms with Crippen molar-refractivity contribution in [2.45, 2.75) is 45.6 Å². The number of imidazole rings is 1. The van der Waals surface area contributed by atoms with Crippen LogP contribution >= 0.6 is 0 Å². The van der Waals surface area contributed by atoms with Gasteiger partial charge in [-0.25, -0.2) is 9.97 Å². The minimum Gasteiger partial charge on any atom is -0.382 e. The molecule has 160 valence electrons. The number of benzene rings is 2. The molecule has 0 saturated carbocycles. The first kappa shape index (κ1) is 20.8. The van der Waals surface area contributed by atoms with Crippen molar-refractivity contribution in [1.82, 2.24) is 19.9 Å². The number of nitrogens with two attached hydrogens (primary N) is 1. The van der Waals surface area contributed by atoms with Gasteiger partial charge in [-0.3, -0.25) is 4.79 Å². The fraction of sp³-hybridized carbons (Fsp3) is 0.320. The molecule has 6 nitrogen and oxygen atoms in total. The number of hydrogen-bond acceptors (Lipinski definition) is 4. The Hall–Kier alpha value is -3.41. The van der Waals surface area contributed by atoms with E-state index in [4.69, 9.17) is 5.73 Å². The van der Waals surface area contributed by atoms with E-state index < -0.39 is 0 Å². The van der Waals surface area contributed by atoms with E-state index in [2.05, 4.69) is 40.6 Å². The van der Waals surface area contributed by atoms with E-state index in [1.807, 2.05) is 54.9 Å². The lowest BCUT2D eigenvalue weighted by Crippen LogP contribution is -2.24. The van der Waals surface area contributed by atoms with Gasteiger partial charge in [0.25, 0.3) is 5.91 Å². The van der Waals surface area contributed by atoms with Gasteiger partial charge in [0.2, 0.25) is 0 Å². The molecule has 0 aliphatic heterocycles. The highest BCUT2D eigenvalue weighted by atomic mass is 16.1. The van der Waals surface area contributed by atoms with Crippen molar-refractivity contribution in [1.29, 1.82) is 0 Å². The number of pyridine rings is 1. The lowest BCUT2D eigenvalue weighted by Gasteiger charge is -2.19. The van der Waals surface area contributed by atoms with E-state index in [9.17, 15) is 4.79 Å². The lowest BCUT2D eigenvalue weighted by molar-refractivity contribution is 0.0953. The third kappa shape index (κ3) is 4.38. The highest BCUT2D eigenvalue weighted by Gasteiger charge is 2.14. The molecular weight excluding hydrogens is 386 g/mol. The monoisotopic (exact) mass is 415 g/mol. The number of aromatic nitrogens is 3. The second-order valence-electron chi connectivity index (χ2n) is 8.94. The van der Waals surface area contributed by atoms with Crippen LogP contribution in [0.2, 0.25) is 0 Å². The standard InChI is InChI=1S/C25H29N5O/c1-25(2,3)18-12-10-17(11-13-18)24(31)27-14-6-7-15-30-16-28-21-22(30)19-8-4-5-9-20(19)29-23(21)26/h4-5,8-13,16H,6-7,14-15H2,1-3H3,(H2,26,29)(H,27,31). The van der Waals surface area contributed by atoms with Crippen molar-refractivity contribution in [3.63, 3.8) is 0 Å². The summed E-state index contributed by atoms with van der Waals surface area (Å²) in [6.07, 6.45) is 3.62. The minimum absolute atomic E-state index is 0.0293. The third-order valence-electron chi connectivity index (χ3n) is 5.60. The van der Waals surface area contributed by atoms with Crippen LogP contribution in [0, 0.1) is 0 Å². The largest absolute Gasteiger partial charge is 0.382 e. The summed E-state index contributed by atoms with van der Waals surface area (Å²) in [6.45, 7) is 7.94. The van der Waals surface area contributed by atoms with Crippen LogP contribution in [0.3, 0.4) is 0 Å². The van der Waals surface area contributed by atoms with Crippen molar-refractivity contribution in [3.8, 4) is 0 Å². The lowest BCUT2D eigenvalue weighted by atomic mass is 9.87. The highest BCUT2D eigenvalue weighted by Crippen LogP contribution is 2.27. The Morgan fingerprint density at radius 1 is 1.06 bits per heavy atom. The number of nitrogens with zero attached hydrogens (tertiary/aromatic N) is 3. The van der Waals surface area contributed by atoms with E-state index in [1.54, 1.807) is 0 Å². The maximum atomic E-state index is 12.4. The SMILES string of the molecule is CC(C)(C)c1ccc(C(=O)NCCCCn2cnc3c(N)nc4ccccc4c32)cc1. The van der Waals surface area contributed by atoms with Gasteiger partial charge in [0, 0.05) is 24.0 Å². The number of hydrogen-bond donors (Lipinski definition) is 2. The summed E-state index contributed by atoms with van der Waals surface area (Å²) in [5, 5.41) is 4.07. The first-order valence-electron chi connectivity index (χ1n) is 10.7. The van der Waals surface area contributed by atoms with Gasteiger partial charge in [0.15, 0.2) is 5.82 Å². The maximum Gasteiger partial charge on any atom is 0.251 e. The zero-order chi connectivity index (χ0) is 22.0. The first-order chi connectivity index (χ1) is 14.8. The number of unbranched alkanes of at least 4 members (excludes halogenated alkanes) is 1. The zero-order valence-electron chi connectivity index (χ0n) is 18.4. The quantitative estimate of drug-likeness (QED) is 0.448. The van der Waals surface area contributed by atoms with Gasteiger partial charge >= 0.3 is 0 Å². The van der Waals surface area contributed by atoms with Gasteiger partial charge in [-0.15, -0.1) is 0 Å². The van der Waals surface area contributed by atoms with Crippen molar-refractivity contribution in [3.05, 3.63) is 66.0 Å². The summed E-state index contributed by atoms with van der Waals surface area (Å²) >= 11 is 0. The van der Waals surface area contributed by atoms with E-state index in [1.165, 1.54) is 5.56 Å². The predicted octanol–water partition coefficient (Wildman–Crippen LogP) is 4.67. The first-order valence-corrected chi connectivity index (χ1v) is 10.7. The number of para-hydroxylation sites is 1. The molecule has 4 aromatic rings. The number of aryl methyl sites for hydroxylation is 1. The predicted molar refractivity (Wildman–Crippen MR) is 126 cm³/mol. The van der Waals surface area contributed by atoms with Crippen molar-refractivity contribution in [2.75, 3.05) is 12.3 Å². The third-order valence-corrected chi connectivity index (χ3v) is 5.60. The topological polar surface area (TPSA) is 85.8 Å². The normalized spacial score (nSPS) is 11.8. The molecule has 0 bridgehead atoms. The van der Waals surface area contributed by atoms with Crippen LogP contribution in [0.5, 0.6) is 0 Å². The molecule has 0 aliphatic rings. The second kappa shape index (κ2) is 8.38. The van der Waals surface area contributed by atoms with Crippen LogP contribution in [0.1, 0.15) is 49.5 Å². The number of nitrogen functional groups attached to an aromatic ring is 1. The molecule has 6 heteroatoms. The summed E-state index contributed by atoms with van der Waals surface area (Å²) in [4.78, 5) is 21.3. The number of fused-ring (bicyclic) bond motifs is 3. The summed E-state index contributed by atoms with van der Waals surface area (Å²) in [7, 11) is 0. The molecule has 0 fully saturated rings. The summed E-state index contributed by atoms with van der Waals surface area (Å²) in [6, 6.07) is 15.8. The van der Waals surface area contributed by atoms with Crippen LogP contribution in [0.25, 0.3) is 21.9 Å². The van der Waals surface area contributed by atoms with E-state index in [0.717, 1.165) is 41.3 Å². The molecule has 3 N–H and O–H groups in total. The number of rotatable bonds is 6. The molecule has 0 radical (unpaired) electrons. The molecule has 2 aromatic heterocycles. The summed E-state index contributed by atoms with van der Waals surface area (Å²) in [5.74, 6) is 0.426. The maximum absolute atomic E-state index is 12.4. The van der Waals surface area contributed by atoms with Crippen molar-refractivity contribution < 1.29 is 4.79 Å². The Kier molecular flexibility index (Phi) is 5.63. The molecule has 2 aromatic carbocycles. The molecule has 2 heterocycles. The number of nitrogens with one attached hydrogen (secondary N) is 1. The van der Waals surface area contributed by atoms with Crippen LogP contribution < -0.4 is 11.1 Å². The Balaban J connectivity index is 1.34. The molecular formula is C25H29N5O. The smallest absolute Gasteiger partial charge is 0.251 e. The molecule has 0 atom stereocenters. The molecule has 31 heavy (non-hydrogen) atoms. The van der Waals surface area contributed by atoms with Crippen LogP contribution in [0.15, 0.2) is 54.9 Å². The number of amides is 1. The average Bonchev–Trinajstić information content (AvgIpc) is 3.18.